The first-order valence-electron chi connectivity index (χ1n) is 6.28. The molecule has 0 spiro atoms. The number of anilines is 1. The molecule has 6 heteroatoms. The predicted octanol–water partition coefficient (Wildman–Crippen LogP) is 1.14. The van der Waals surface area contributed by atoms with E-state index in [1.54, 1.807) is 6.33 Å². The molecule has 18 heavy (non-hydrogen) atoms. The summed E-state index contributed by atoms with van der Waals surface area (Å²) in [5.74, 6) is 1.19. The Labute approximate surface area is 107 Å². The molecule has 1 heterocycles. The number of hydrogen-bond donors (Lipinski definition) is 2. The van der Waals surface area contributed by atoms with Crippen LogP contribution in [0, 0.1) is 0 Å². The van der Waals surface area contributed by atoms with Gasteiger partial charge in [0.25, 0.3) is 0 Å². The van der Waals surface area contributed by atoms with Crippen LogP contribution in [0.25, 0.3) is 0 Å². The topological polar surface area (TPSA) is 87.6 Å². The van der Waals surface area contributed by atoms with E-state index in [9.17, 15) is 0 Å². The van der Waals surface area contributed by atoms with Crippen LogP contribution in [0.4, 0.5) is 5.82 Å². The van der Waals surface area contributed by atoms with Crippen LogP contribution in [0.3, 0.4) is 0 Å². The summed E-state index contributed by atoms with van der Waals surface area (Å²) < 4.78 is 0. The lowest BCUT2D eigenvalue weighted by molar-refractivity contribution is 0.317. The van der Waals surface area contributed by atoms with Gasteiger partial charge < -0.3 is 15.8 Å². The predicted molar refractivity (Wildman–Crippen MR) is 69.8 cm³/mol. The Kier molecular flexibility index (Phi) is 3.96. The molecule has 1 aliphatic rings. The smallest absolute Gasteiger partial charge is 0.140 e. The standard InChI is InChI=1S/C12H19N5O/c1-2-9-7-12(15-8-14-9)17(10-3-4-10)6-5-11(13)16-18/h7-8,10,18H,2-6H2,1H3,(H2,13,16). The molecule has 0 radical (unpaired) electrons. The van der Waals surface area contributed by atoms with E-state index < -0.39 is 0 Å². The fourth-order valence-corrected chi connectivity index (χ4v) is 1.89. The molecule has 1 fully saturated rings. The van der Waals surface area contributed by atoms with Gasteiger partial charge in [0.05, 0.1) is 0 Å². The number of hydrogen-bond acceptors (Lipinski definition) is 5. The third-order valence-corrected chi connectivity index (χ3v) is 3.09. The van der Waals surface area contributed by atoms with Crippen LogP contribution in [0.1, 0.15) is 31.9 Å². The molecule has 0 bridgehead atoms. The Hall–Kier alpha value is -1.85. The first kappa shape index (κ1) is 12.6. The van der Waals surface area contributed by atoms with Gasteiger partial charge in [-0.05, 0) is 19.3 Å². The molecular weight excluding hydrogens is 230 g/mol. The Bertz CT molecular complexity index is 430. The van der Waals surface area contributed by atoms with Crippen molar-refractivity contribution in [2.24, 2.45) is 10.9 Å². The molecule has 0 aliphatic heterocycles. The minimum Gasteiger partial charge on any atom is -0.409 e. The first-order valence-corrected chi connectivity index (χ1v) is 6.28. The lowest BCUT2D eigenvalue weighted by Gasteiger charge is -2.23. The minimum absolute atomic E-state index is 0.255. The summed E-state index contributed by atoms with van der Waals surface area (Å²) in [6.45, 7) is 2.80. The lowest BCUT2D eigenvalue weighted by atomic mass is 10.3. The Morgan fingerprint density at radius 1 is 1.56 bits per heavy atom. The molecule has 1 aromatic rings. The van der Waals surface area contributed by atoms with E-state index in [0.717, 1.165) is 24.5 Å². The van der Waals surface area contributed by atoms with Gasteiger partial charge in [0.1, 0.15) is 18.0 Å². The monoisotopic (exact) mass is 249 g/mol. The molecule has 1 aromatic heterocycles. The van der Waals surface area contributed by atoms with Gasteiger partial charge in [-0.2, -0.15) is 0 Å². The second-order valence-corrected chi connectivity index (χ2v) is 4.49. The summed E-state index contributed by atoms with van der Waals surface area (Å²) >= 11 is 0. The minimum atomic E-state index is 0.255. The highest BCUT2D eigenvalue weighted by atomic mass is 16.4. The van der Waals surface area contributed by atoms with Gasteiger partial charge in [0, 0.05) is 30.8 Å². The van der Waals surface area contributed by atoms with Crippen molar-refractivity contribution in [1.29, 1.82) is 0 Å². The highest BCUT2D eigenvalue weighted by Crippen LogP contribution is 2.30. The Balaban J connectivity index is 2.08. The fraction of sp³-hybridized carbons (Fsp3) is 0.583. The number of nitrogens with zero attached hydrogens (tertiary/aromatic N) is 4. The summed E-state index contributed by atoms with van der Waals surface area (Å²) in [6.07, 6.45) is 5.41. The van der Waals surface area contributed by atoms with Crippen LogP contribution >= 0.6 is 0 Å². The zero-order chi connectivity index (χ0) is 13.0. The van der Waals surface area contributed by atoms with E-state index in [2.05, 4.69) is 26.9 Å². The van der Waals surface area contributed by atoms with Gasteiger partial charge in [-0.1, -0.05) is 12.1 Å². The molecule has 6 nitrogen and oxygen atoms in total. The second-order valence-electron chi connectivity index (χ2n) is 4.49. The SMILES string of the molecule is CCc1cc(N(CCC(N)=NO)C2CC2)ncn1. The molecule has 0 amide bonds. The van der Waals surface area contributed by atoms with E-state index in [1.165, 1.54) is 12.8 Å². The molecule has 1 saturated carbocycles. The molecule has 2 rings (SSSR count). The molecule has 0 aromatic carbocycles. The van der Waals surface area contributed by atoms with Crippen LogP contribution in [-0.4, -0.2) is 33.6 Å². The first-order chi connectivity index (χ1) is 8.74. The number of aromatic nitrogens is 2. The van der Waals surface area contributed by atoms with E-state index in [-0.39, 0.29) is 5.84 Å². The summed E-state index contributed by atoms with van der Waals surface area (Å²) in [5.41, 5.74) is 6.55. The van der Waals surface area contributed by atoms with Crippen molar-refractivity contribution in [2.45, 2.75) is 38.6 Å². The van der Waals surface area contributed by atoms with Crippen molar-refractivity contribution in [3.05, 3.63) is 18.1 Å². The van der Waals surface area contributed by atoms with Crippen molar-refractivity contribution in [3.63, 3.8) is 0 Å². The number of amidine groups is 1. The van der Waals surface area contributed by atoms with Crippen molar-refractivity contribution < 1.29 is 5.21 Å². The van der Waals surface area contributed by atoms with E-state index >= 15 is 0 Å². The van der Waals surface area contributed by atoms with Gasteiger partial charge in [-0.15, -0.1) is 0 Å². The van der Waals surface area contributed by atoms with E-state index in [1.807, 2.05) is 6.07 Å². The average Bonchev–Trinajstić information content (AvgIpc) is 3.23. The van der Waals surface area contributed by atoms with E-state index in [4.69, 9.17) is 10.9 Å². The van der Waals surface area contributed by atoms with Gasteiger partial charge in [0.15, 0.2) is 0 Å². The third kappa shape index (κ3) is 3.09. The molecule has 1 aliphatic carbocycles. The van der Waals surface area contributed by atoms with Crippen LogP contribution in [0.5, 0.6) is 0 Å². The summed E-state index contributed by atoms with van der Waals surface area (Å²) in [5, 5.41) is 11.6. The fourth-order valence-electron chi connectivity index (χ4n) is 1.89. The van der Waals surface area contributed by atoms with E-state index in [0.29, 0.717) is 12.5 Å². The molecule has 98 valence electrons. The maximum Gasteiger partial charge on any atom is 0.140 e. The normalized spacial score (nSPS) is 15.7. The van der Waals surface area contributed by atoms with Crippen molar-refractivity contribution >= 4 is 11.7 Å². The zero-order valence-electron chi connectivity index (χ0n) is 10.6. The molecule has 3 N–H and O–H groups in total. The quantitative estimate of drug-likeness (QED) is 0.342. The molecule has 0 saturated heterocycles. The summed E-state index contributed by atoms with van der Waals surface area (Å²) in [6, 6.07) is 2.56. The maximum absolute atomic E-state index is 8.57. The second kappa shape index (κ2) is 5.66. The van der Waals surface area contributed by atoms with Crippen molar-refractivity contribution in [3.8, 4) is 0 Å². The number of nitrogens with two attached hydrogens (primary N) is 1. The average molecular weight is 249 g/mol. The maximum atomic E-state index is 8.57. The highest BCUT2D eigenvalue weighted by Gasteiger charge is 2.30. The zero-order valence-corrected chi connectivity index (χ0v) is 10.6. The van der Waals surface area contributed by atoms with Crippen LogP contribution in [0.15, 0.2) is 17.5 Å². The number of aryl methyl sites for hydroxylation is 1. The molecule has 0 unspecified atom stereocenters. The lowest BCUT2D eigenvalue weighted by Crippen LogP contribution is -2.31. The van der Waals surface area contributed by atoms with Crippen LogP contribution in [-0.2, 0) is 6.42 Å². The van der Waals surface area contributed by atoms with Gasteiger partial charge in [-0.25, -0.2) is 9.97 Å². The van der Waals surface area contributed by atoms with Crippen LogP contribution < -0.4 is 10.6 Å². The van der Waals surface area contributed by atoms with Gasteiger partial charge >= 0.3 is 0 Å². The van der Waals surface area contributed by atoms with Crippen LogP contribution in [0.2, 0.25) is 0 Å². The number of rotatable bonds is 6. The van der Waals surface area contributed by atoms with Crippen molar-refractivity contribution in [1.82, 2.24) is 9.97 Å². The van der Waals surface area contributed by atoms with Crippen molar-refractivity contribution in [2.75, 3.05) is 11.4 Å². The Morgan fingerprint density at radius 3 is 2.94 bits per heavy atom. The molecule has 0 atom stereocenters. The molecular formula is C12H19N5O. The third-order valence-electron chi connectivity index (χ3n) is 3.09. The Morgan fingerprint density at radius 2 is 2.33 bits per heavy atom. The highest BCUT2D eigenvalue weighted by molar-refractivity contribution is 5.80. The number of oxime groups is 1. The summed E-state index contributed by atoms with van der Waals surface area (Å²) in [4.78, 5) is 10.8. The largest absolute Gasteiger partial charge is 0.409 e. The van der Waals surface area contributed by atoms with Gasteiger partial charge in [-0.3, -0.25) is 0 Å². The summed E-state index contributed by atoms with van der Waals surface area (Å²) in [7, 11) is 0. The van der Waals surface area contributed by atoms with Gasteiger partial charge in [0.2, 0.25) is 0 Å².